The second kappa shape index (κ2) is 9.18. The molecule has 0 radical (unpaired) electrons. The molecule has 2 aromatic heterocycles. The summed E-state index contributed by atoms with van der Waals surface area (Å²) in [7, 11) is 0. The van der Waals surface area contributed by atoms with Crippen LogP contribution in [-0.2, 0) is 17.8 Å². The zero-order valence-corrected chi connectivity index (χ0v) is 15.6. The summed E-state index contributed by atoms with van der Waals surface area (Å²) in [6.45, 7) is 1.97. The maximum Gasteiger partial charge on any atom is 0.307 e. The van der Waals surface area contributed by atoms with E-state index in [1.165, 1.54) is 0 Å². The molecule has 0 bridgehead atoms. The van der Waals surface area contributed by atoms with Crippen molar-refractivity contribution in [3.8, 4) is 11.1 Å². The van der Waals surface area contributed by atoms with Crippen molar-refractivity contribution in [1.29, 1.82) is 0 Å². The summed E-state index contributed by atoms with van der Waals surface area (Å²) >= 11 is 0. The fraction of sp³-hybridized carbons (Fsp3) is 0.350. The van der Waals surface area contributed by atoms with E-state index in [1.807, 2.05) is 43.3 Å². The molecule has 3 aromatic rings. The molecule has 2 atom stereocenters. The van der Waals surface area contributed by atoms with Crippen molar-refractivity contribution >= 4 is 5.97 Å². The van der Waals surface area contributed by atoms with E-state index < -0.39 is 17.8 Å². The minimum Gasteiger partial charge on any atom is -0.481 e. The van der Waals surface area contributed by atoms with Gasteiger partial charge in [0.25, 0.3) is 0 Å². The SMILES string of the molecule is CCCC(C(=O)O)C(Cc1ccc(-c2ccc(CO)cc2)cn1)c1nn[nH]n1. The molecule has 3 N–H and O–H groups in total. The second-order valence-corrected chi connectivity index (χ2v) is 6.71. The highest BCUT2D eigenvalue weighted by Crippen LogP contribution is 2.30. The number of tetrazole rings is 1. The molecule has 2 heterocycles. The number of carboxylic acids is 1. The summed E-state index contributed by atoms with van der Waals surface area (Å²) in [5, 5.41) is 32.9. The minimum atomic E-state index is -0.864. The molecule has 0 aliphatic heterocycles. The number of H-pyrrole nitrogens is 1. The van der Waals surface area contributed by atoms with Gasteiger partial charge in [0.1, 0.15) is 0 Å². The van der Waals surface area contributed by atoms with Gasteiger partial charge in [-0.25, -0.2) is 0 Å². The Labute approximate surface area is 162 Å². The summed E-state index contributed by atoms with van der Waals surface area (Å²) in [4.78, 5) is 16.3. The number of aliphatic hydroxyl groups is 1. The molecule has 0 saturated heterocycles. The summed E-state index contributed by atoms with van der Waals surface area (Å²) in [6, 6.07) is 11.5. The predicted octanol–water partition coefficient (Wildman–Crippen LogP) is 2.58. The average Bonchev–Trinajstić information content (AvgIpc) is 3.25. The molecule has 2 unspecified atom stereocenters. The Hall–Kier alpha value is -3.13. The maximum atomic E-state index is 11.8. The molecule has 0 fully saturated rings. The smallest absolute Gasteiger partial charge is 0.307 e. The van der Waals surface area contributed by atoms with Crippen LogP contribution in [0.25, 0.3) is 11.1 Å². The topological polar surface area (TPSA) is 125 Å². The number of rotatable bonds is 9. The Morgan fingerprint density at radius 1 is 1.14 bits per heavy atom. The van der Waals surface area contributed by atoms with Crippen molar-refractivity contribution in [2.24, 2.45) is 5.92 Å². The van der Waals surface area contributed by atoms with Crippen LogP contribution in [0.2, 0.25) is 0 Å². The molecule has 1 aromatic carbocycles. The summed E-state index contributed by atoms with van der Waals surface area (Å²) in [5.74, 6) is -1.47. The van der Waals surface area contributed by atoms with Crippen LogP contribution in [0.3, 0.4) is 0 Å². The van der Waals surface area contributed by atoms with Gasteiger partial charge < -0.3 is 10.2 Å². The zero-order chi connectivity index (χ0) is 19.9. The number of aliphatic carboxylic acids is 1. The number of nitrogens with zero attached hydrogens (tertiary/aromatic N) is 4. The van der Waals surface area contributed by atoms with Crippen LogP contribution in [0.5, 0.6) is 0 Å². The number of carboxylic acid groups (broad SMARTS) is 1. The van der Waals surface area contributed by atoms with E-state index in [1.54, 1.807) is 6.20 Å². The summed E-state index contributed by atoms with van der Waals surface area (Å²) in [5.41, 5.74) is 3.58. The van der Waals surface area contributed by atoms with Crippen molar-refractivity contribution < 1.29 is 15.0 Å². The van der Waals surface area contributed by atoms with Crippen molar-refractivity contribution in [1.82, 2.24) is 25.6 Å². The molecule has 3 rings (SSSR count). The van der Waals surface area contributed by atoms with Crippen LogP contribution in [-0.4, -0.2) is 41.8 Å². The number of aliphatic hydroxyl groups excluding tert-OH is 1. The van der Waals surface area contributed by atoms with Crippen LogP contribution in [0.15, 0.2) is 42.6 Å². The van der Waals surface area contributed by atoms with E-state index in [2.05, 4.69) is 25.6 Å². The predicted molar refractivity (Wildman–Crippen MR) is 102 cm³/mol. The molecular weight excluding hydrogens is 358 g/mol. The Morgan fingerprint density at radius 3 is 2.43 bits per heavy atom. The van der Waals surface area contributed by atoms with Gasteiger partial charge in [-0.2, -0.15) is 5.21 Å². The van der Waals surface area contributed by atoms with Gasteiger partial charge in [-0.3, -0.25) is 9.78 Å². The third kappa shape index (κ3) is 4.58. The molecule has 0 amide bonds. The lowest BCUT2D eigenvalue weighted by Gasteiger charge is -2.20. The fourth-order valence-electron chi connectivity index (χ4n) is 3.29. The van der Waals surface area contributed by atoms with Crippen LogP contribution in [0.4, 0.5) is 0 Å². The molecule has 0 saturated carbocycles. The Morgan fingerprint density at radius 2 is 1.89 bits per heavy atom. The number of aromatic amines is 1. The van der Waals surface area contributed by atoms with E-state index in [4.69, 9.17) is 5.11 Å². The number of aromatic nitrogens is 5. The standard InChI is InChI=1S/C20H23N5O3/c1-2-3-17(20(27)28)18(19-22-24-25-23-19)10-16-9-8-15(11-21-16)14-6-4-13(12-26)5-7-14/h4-9,11,17-18,26H,2-3,10,12H2,1H3,(H,27,28)(H,22,23,24,25). The Bertz CT molecular complexity index is 879. The van der Waals surface area contributed by atoms with E-state index in [-0.39, 0.29) is 6.61 Å². The van der Waals surface area contributed by atoms with E-state index in [9.17, 15) is 9.90 Å². The zero-order valence-electron chi connectivity index (χ0n) is 15.6. The van der Waals surface area contributed by atoms with Gasteiger partial charge in [0, 0.05) is 29.8 Å². The van der Waals surface area contributed by atoms with Crippen molar-refractivity contribution in [2.45, 2.75) is 38.7 Å². The first-order valence-corrected chi connectivity index (χ1v) is 9.23. The first-order chi connectivity index (χ1) is 13.6. The van der Waals surface area contributed by atoms with Crippen molar-refractivity contribution in [3.63, 3.8) is 0 Å². The molecule has 0 spiro atoms. The highest BCUT2D eigenvalue weighted by atomic mass is 16.4. The quantitative estimate of drug-likeness (QED) is 0.520. The lowest BCUT2D eigenvalue weighted by atomic mass is 9.84. The molecule has 8 heteroatoms. The average molecular weight is 381 g/mol. The lowest BCUT2D eigenvalue weighted by Crippen LogP contribution is -2.25. The first-order valence-electron chi connectivity index (χ1n) is 9.23. The normalized spacial score (nSPS) is 13.2. The monoisotopic (exact) mass is 381 g/mol. The number of hydrogen-bond donors (Lipinski definition) is 3. The van der Waals surface area contributed by atoms with Gasteiger partial charge in [0.15, 0.2) is 5.82 Å². The third-order valence-corrected chi connectivity index (χ3v) is 4.82. The van der Waals surface area contributed by atoms with Gasteiger partial charge in [-0.1, -0.05) is 48.9 Å². The van der Waals surface area contributed by atoms with Gasteiger partial charge >= 0.3 is 5.97 Å². The van der Waals surface area contributed by atoms with Crippen LogP contribution >= 0.6 is 0 Å². The summed E-state index contributed by atoms with van der Waals surface area (Å²) < 4.78 is 0. The Balaban J connectivity index is 1.81. The number of carbonyl (C=O) groups is 1. The molecule has 8 nitrogen and oxygen atoms in total. The van der Waals surface area contributed by atoms with E-state index in [0.717, 1.165) is 28.8 Å². The fourth-order valence-corrected chi connectivity index (χ4v) is 3.29. The van der Waals surface area contributed by atoms with Gasteiger partial charge in [0.2, 0.25) is 0 Å². The van der Waals surface area contributed by atoms with Crippen LogP contribution in [0.1, 0.15) is 42.8 Å². The van der Waals surface area contributed by atoms with Crippen molar-refractivity contribution in [3.05, 3.63) is 59.7 Å². The molecule has 0 aliphatic carbocycles. The highest BCUT2D eigenvalue weighted by Gasteiger charge is 2.32. The van der Waals surface area contributed by atoms with Crippen molar-refractivity contribution in [2.75, 3.05) is 0 Å². The molecule has 0 aliphatic rings. The first kappa shape index (κ1) is 19.6. The Kier molecular flexibility index (Phi) is 6.44. The van der Waals surface area contributed by atoms with E-state index in [0.29, 0.717) is 18.7 Å². The van der Waals surface area contributed by atoms with Crippen LogP contribution < -0.4 is 0 Å². The number of pyridine rings is 1. The summed E-state index contributed by atoms with van der Waals surface area (Å²) in [6.07, 6.45) is 3.47. The maximum absolute atomic E-state index is 11.8. The van der Waals surface area contributed by atoms with Gasteiger partial charge in [0.05, 0.1) is 12.5 Å². The third-order valence-electron chi connectivity index (χ3n) is 4.82. The number of hydrogen-bond acceptors (Lipinski definition) is 6. The minimum absolute atomic E-state index is 0.0114. The van der Waals surface area contributed by atoms with Crippen LogP contribution in [0, 0.1) is 5.92 Å². The molecule has 28 heavy (non-hydrogen) atoms. The lowest BCUT2D eigenvalue weighted by molar-refractivity contribution is -0.143. The van der Waals surface area contributed by atoms with Gasteiger partial charge in [-0.15, -0.1) is 10.2 Å². The largest absolute Gasteiger partial charge is 0.481 e. The number of nitrogens with one attached hydrogen (secondary N) is 1. The molecular formula is C20H23N5O3. The highest BCUT2D eigenvalue weighted by molar-refractivity contribution is 5.71. The second-order valence-electron chi connectivity index (χ2n) is 6.71. The van der Waals surface area contributed by atoms with E-state index >= 15 is 0 Å². The van der Waals surface area contributed by atoms with Gasteiger partial charge in [-0.05, 0) is 23.6 Å². The number of benzene rings is 1. The molecule has 146 valence electrons.